The van der Waals surface area contributed by atoms with Gasteiger partial charge in [0.25, 0.3) is 10.1 Å². The number of hydrogen-bond donors (Lipinski definition) is 3. The topological polar surface area (TPSA) is 106 Å². The quantitative estimate of drug-likeness (QED) is 0.451. The molecule has 13 heavy (non-hydrogen) atoms. The summed E-state index contributed by atoms with van der Waals surface area (Å²) in [5.41, 5.74) is 11.4. The second-order valence-electron chi connectivity index (χ2n) is 2.67. The van der Waals surface area contributed by atoms with Crippen molar-refractivity contribution in [2.45, 2.75) is 11.8 Å². The molecule has 0 spiro atoms. The first-order chi connectivity index (χ1) is 5.84. The van der Waals surface area contributed by atoms with Gasteiger partial charge in [-0.3, -0.25) is 4.55 Å². The minimum Gasteiger partial charge on any atom is -0.398 e. The number of nitrogen functional groups attached to an aromatic ring is 2. The third-order valence-electron chi connectivity index (χ3n) is 1.74. The number of anilines is 2. The fourth-order valence-electron chi connectivity index (χ4n) is 1.07. The van der Waals surface area contributed by atoms with Gasteiger partial charge in [0, 0.05) is 5.69 Å². The van der Waals surface area contributed by atoms with E-state index in [1.165, 1.54) is 19.1 Å². The third-order valence-corrected chi connectivity index (χ3v) is 2.79. The van der Waals surface area contributed by atoms with Gasteiger partial charge in [0.2, 0.25) is 0 Å². The molecule has 0 aliphatic rings. The molecule has 0 aromatic heterocycles. The van der Waals surface area contributed by atoms with Crippen molar-refractivity contribution in [1.29, 1.82) is 0 Å². The van der Waals surface area contributed by atoms with Gasteiger partial charge in [-0.2, -0.15) is 8.42 Å². The Morgan fingerprint density at radius 3 is 2.08 bits per heavy atom. The highest BCUT2D eigenvalue weighted by Crippen LogP contribution is 2.26. The van der Waals surface area contributed by atoms with E-state index in [0.29, 0.717) is 0 Å². The standard InChI is InChI=1S/C7H10N2O3S/c1-4-5(8)2-3-6(9)7(4)13(10,11)12/h2-3H,8-9H2,1H3,(H,10,11,12). The Hall–Kier alpha value is -1.27. The first kappa shape index (κ1) is 9.82. The smallest absolute Gasteiger partial charge is 0.296 e. The largest absolute Gasteiger partial charge is 0.398 e. The molecule has 1 aromatic carbocycles. The summed E-state index contributed by atoms with van der Waals surface area (Å²) >= 11 is 0. The maximum atomic E-state index is 10.8. The Morgan fingerprint density at radius 2 is 1.69 bits per heavy atom. The molecule has 0 amide bonds. The highest BCUT2D eigenvalue weighted by molar-refractivity contribution is 7.86. The van der Waals surface area contributed by atoms with Crippen LogP contribution in [0.15, 0.2) is 17.0 Å². The maximum Gasteiger partial charge on any atom is 0.296 e. The molecule has 0 saturated heterocycles. The van der Waals surface area contributed by atoms with E-state index in [-0.39, 0.29) is 21.8 Å². The van der Waals surface area contributed by atoms with Crippen LogP contribution in [0.5, 0.6) is 0 Å². The van der Waals surface area contributed by atoms with Gasteiger partial charge in [-0.15, -0.1) is 0 Å². The first-order valence-electron chi connectivity index (χ1n) is 3.46. The molecule has 0 aliphatic heterocycles. The van der Waals surface area contributed by atoms with Gasteiger partial charge in [-0.1, -0.05) is 0 Å². The summed E-state index contributed by atoms with van der Waals surface area (Å²) in [5.74, 6) is 0. The minimum atomic E-state index is -4.29. The average Bonchev–Trinajstić information content (AvgIpc) is 1.95. The van der Waals surface area contributed by atoms with Crippen molar-refractivity contribution in [3.63, 3.8) is 0 Å². The van der Waals surface area contributed by atoms with Gasteiger partial charge >= 0.3 is 0 Å². The average molecular weight is 202 g/mol. The van der Waals surface area contributed by atoms with Gasteiger partial charge in [-0.05, 0) is 24.6 Å². The summed E-state index contributed by atoms with van der Waals surface area (Å²) in [5, 5.41) is 0. The molecule has 0 radical (unpaired) electrons. The summed E-state index contributed by atoms with van der Waals surface area (Å²) in [6.45, 7) is 1.48. The molecule has 0 atom stereocenters. The van der Waals surface area contributed by atoms with Crippen LogP contribution in [0, 0.1) is 6.92 Å². The van der Waals surface area contributed by atoms with Crippen molar-refractivity contribution < 1.29 is 13.0 Å². The summed E-state index contributed by atoms with van der Waals surface area (Å²) in [6, 6.07) is 2.82. The molecule has 0 aliphatic carbocycles. The van der Waals surface area contributed by atoms with Crippen molar-refractivity contribution in [2.75, 3.05) is 11.5 Å². The van der Waals surface area contributed by atoms with Crippen molar-refractivity contribution >= 4 is 21.5 Å². The molecule has 5 N–H and O–H groups in total. The van der Waals surface area contributed by atoms with E-state index in [0.717, 1.165) is 0 Å². The van der Waals surface area contributed by atoms with E-state index in [9.17, 15) is 8.42 Å². The van der Waals surface area contributed by atoms with E-state index in [2.05, 4.69) is 0 Å². The summed E-state index contributed by atoms with van der Waals surface area (Å²) in [7, 11) is -4.29. The maximum absolute atomic E-state index is 10.8. The molecule has 1 aromatic rings. The highest BCUT2D eigenvalue weighted by Gasteiger charge is 2.18. The molecule has 72 valence electrons. The zero-order valence-electron chi connectivity index (χ0n) is 6.98. The molecule has 6 heteroatoms. The van der Waals surface area contributed by atoms with Crippen LogP contribution in [-0.2, 0) is 10.1 Å². The monoisotopic (exact) mass is 202 g/mol. The molecular weight excluding hydrogens is 192 g/mol. The van der Waals surface area contributed by atoms with Crippen molar-refractivity contribution in [1.82, 2.24) is 0 Å². The Labute approximate surface area is 76.1 Å². The van der Waals surface area contributed by atoms with Crippen LogP contribution in [0.3, 0.4) is 0 Å². The zero-order chi connectivity index (χ0) is 10.2. The van der Waals surface area contributed by atoms with Crippen LogP contribution >= 0.6 is 0 Å². The lowest BCUT2D eigenvalue weighted by Crippen LogP contribution is -2.07. The predicted octanol–water partition coefficient (Wildman–Crippen LogP) is 0.406. The zero-order valence-corrected chi connectivity index (χ0v) is 7.80. The summed E-state index contributed by atoms with van der Waals surface area (Å²) < 4.78 is 30.5. The molecular formula is C7H10N2O3S. The SMILES string of the molecule is Cc1c(N)ccc(N)c1S(=O)(=O)O. The second-order valence-corrected chi connectivity index (χ2v) is 4.03. The first-order valence-corrected chi connectivity index (χ1v) is 4.90. The lowest BCUT2D eigenvalue weighted by molar-refractivity contribution is 0.483. The molecule has 5 nitrogen and oxygen atoms in total. The van der Waals surface area contributed by atoms with E-state index < -0.39 is 10.1 Å². The number of hydrogen-bond acceptors (Lipinski definition) is 4. The van der Waals surface area contributed by atoms with Gasteiger partial charge in [-0.25, -0.2) is 0 Å². The minimum absolute atomic E-state index is 0.00537. The van der Waals surface area contributed by atoms with E-state index in [1.54, 1.807) is 0 Å². The highest BCUT2D eigenvalue weighted by atomic mass is 32.2. The van der Waals surface area contributed by atoms with Crippen molar-refractivity contribution in [3.8, 4) is 0 Å². The normalized spacial score (nSPS) is 11.5. The number of benzene rings is 1. The Balaban J connectivity index is 3.62. The van der Waals surface area contributed by atoms with Crippen LogP contribution in [0.4, 0.5) is 11.4 Å². The van der Waals surface area contributed by atoms with Crippen LogP contribution in [0.1, 0.15) is 5.56 Å². The van der Waals surface area contributed by atoms with Gasteiger partial charge in [0.05, 0.1) is 5.69 Å². The molecule has 0 heterocycles. The van der Waals surface area contributed by atoms with Crippen LogP contribution in [0.25, 0.3) is 0 Å². The summed E-state index contributed by atoms with van der Waals surface area (Å²) in [4.78, 5) is -0.312. The molecule has 0 saturated carbocycles. The van der Waals surface area contributed by atoms with E-state index in [4.69, 9.17) is 16.0 Å². The van der Waals surface area contributed by atoms with Gasteiger partial charge in [0.15, 0.2) is 0 Å². The van der Waals surface area contributed by atoms with Crippen molar-refractivity contribution in [2.24, 2.45) is 0 Å². The fraction of sp³-hybridized carbons (Fsp3) is 0.143. The predicted molar refractivity (Wildman–Crippen MR) is 49.8 cm³/mol. The van der Waals surface area contributed by atoms with E-state index >= 15 is 0 Å². The third kappa shape index (κ3) is 1.73. The Bertz CT molecular complexity index is 439. The molecule has 0 bridgehead atoms. The van der Waals surface area contributed by atoms with Crippen LogP contribution in [-0.4, -0.2) is 13.0 Å². The molecule has 1 rings (SSSR count). The molecule has 0 fully saturated rings. The number of nitrogens with two attached hydrogens (primary N) is 2. The number of rotatable bonds is 1. The Morgan fingerprint density at radius 1 is 1.23 bits per heavy atom. The van der Waals surface area contributed by atoms with Crippen LogP contribution < -0.4 is 11.5 Å². The lowest BCUT2D eigenvalue weighted by Gasteiger charge is -2.07. The lowest BCUT2D eigenvalue weighted by atomic mass is 10.2. The van der Waals surface area contributed by atoms with Gasteiger partial charge < -0.3 is 11.5 Å². The second kappa shape index (κ2) is 2.90. The fourth-order valence-corrected chi connectivity index (χ4v) is 1.94. The van der Waals surface area contributed by atoms with E-state index in [1.807, 2.05) is 0 Å². The van der Waals surface area contributed by atoms with Crippen molar-refractivity contribution in [3.05, 3.63) is 17.7 Å². The molecule has 0 unspecified atom stereocenters. The summed E-state index contributed by atoms with van der Waals surface area (Å²) in [6.07, 6.45) is 0. The van der Waals surface area contributed by atoms with Gasteiger partial charge in [0.1, 0.15) is 4.90 Å². The Kier molecular flexibility index (Phi) is 2.19. The van der Waals surface area contributed by atoms with Crippen LogP contribution in [0.2, 0.25) is 0 Å².